The van der Waals surface area contributed by atoms with E-state index in [4.69, 9.17) is 28.3 Å². The third-order valence-electron chi connectivity index (χ3n) is 11.4. The molecule has 0 saturated carbocycles. The highest BCUT2D eigenvalue weighted by molar-refractivity contribution is 6.30. The Morgan fingerprint density at radius 1 is 0.642 bits per heavy atom. The molecule has 340 valence electrons. The molecule has 0 radical (unpaired) electrons. The number of rotatable bonds is 10. The van der Waals surface area contributed by atoms with Crippen LogP contribution in [-0.4, -0.2) is 69.6 Å². The molecule has 0 aliphatic carbocycles. The summed E-state index contributed by atoms with van der Waals surface area (Å²) in [6, 6.07) is 25.6. The molecule has 13 nitrogen and oxygen atoms in total. The van der Waals surface area contributed by atoms with Crippen LogP contribution in [0.5, 0.6) is 0 Å². The number of carboxylic acid groups (broad SMARTS) is 1. The number of aryl methyl sites for hydroxylation is 2. The molecule has 0 saturated heterocycles. The van der Waals surface area contributed by atoms with Crippen molar-refractivity contribution in [2.75, 3.05) is 23.3 Å². The molecule has 17 heteroatoms. The Hall–Kier alpha value is -7.36. The first-order valence-electron chi connectivity index (χ1n) is 21.3. The van der Waals surface area contributed by atoms with Gasteiger partial charge in [0.2, 0.25) is 5.91 Å². The lowest BCUT2D eigenvalue weighted by molar-refractivity contribution is -0.136. The van der Waals surface area contributed by atoms with Crippen LogP contribution in [0.15, 0.2) is 122 Å². The highest BCUT2D eigenvalue weighted by Crippen LogP contribution is 2.36. The van der Waals surface area contributed by atoms with Gasteiger partial charge in [-0.15, -0.1) is 0 Å². The molecule has 2 aromatic carbocycles. The van der Waals surface area contributed by atoms with Gasteiger partial charge in [-0.1, -0.05) is 35.3 Å². The monoisotopic (exact) mass is 940 g/mol. The van der Waals surface area contributed by atoms with Crippen molar-refractivity contribution in [1.82, 2.24) is 39.5 Å². The van der Waals surface area contributed by atoms with Gasteiger partial charge in [0.15, 0.2) is 0 Å². The molecular weight excluding hydrogens is 898 g/mol. The standard InChI is InChI=1S/C25H21ClFN5O.C18H17FN4.C7H6ClNO2/c1-31-21(5-9-30-31)15-20-12-16(4-8-28-20)19-11-17-6-10-32(24(17)22(27)13-19)23(33)14-18-3-2-7-29-25(18)26;1-23-16(4-7-22-23)11-15-9-12(2-5-20-15)14-8-13-3-6-21-18(13)17(19)10-14;8-7-5(4-6(10)11)2-1-3-9-7/h2-5,7-9,11-13H,6,10,14-15H2,1H3;2,4-5,7-10,21H,3,6,11H2,1H3;1-3H,4H2,(H,10,11). The number of nitrogens with zero attached hydrogens (tertiary/aromatic N) is 9. The maximum Gasteiger partial charge on any atom is 0.307 e. The Labute approximate surface area is 395 Å². The molecule has 10 rings (SSSR count). The Kier molecular flexibility index (Phi) is 14.4. The number of anilines is 2. The normalized spacial score (nSPS) is 12.3. The zero-order chi connectivity index (χ0) is 47.0. The number of carbonyl (C=O) groups is 2. The molecule has 8 aromatic rings. The van der Waals surface area contributed by atoms with Gasteiger partial charge in [0, 0.05) is 106 Å². The Bertz CT molecular complexity index is 3090. The SMILES string of the molecule is Cn1nccc1Cc1cc(-c2cc(F)c3c(c2)CCN3)ccn1.Cn1nccc1Cc1cc(-c2cc(F)c3c(c2)CCN3C(=O)Cc2cccnc2Cl)ccn1.O=C(O)Cc1cccnc1Cl. The number of benzene rings is 2. The van der Waals surface area contributed by atoms with E-state index in [0.29, 0.717) is 53.5 Å². The average Bonchev–Trinajstić information content (AvgIpc) is 4.15. The van der Waals surface area contributed by atoms with E-state index < -0.39 is 11.8 Å². The zero-order valence-electron chi connectivity index (χ0n) is 36.5. The van der Waals surface area contributed by atoms with Crippen LogP contribution >= 0.6 is 23.2 Å². The fraction of sp³-hybridized carbons (Fsp3) is 0.200. The maximum absolute atomic E-state index is 15.3. The Morgan fingerprint density at radius 2 is 1.19 bits per heavy atom. The number of hydrogen-bond donors (Lipinski definition) is 2. The van der Waals surface area contributed by atoms with Gasteiger partial charge in [0.25, 0.3) is 0 Å². The van der Waals surface area contributed by atoms with Crippen molar-refractivity contribution in [3.63, 3.8) is 0 Å². The number of carboxylic acids is 1. The highest BCUT2D eigenvalue weighted by Gasteiger charge is 2.29. The number of aliphatic carboxylic acids is 1. The van der Waals surface area contributed by atoms with Crippen LogP contribution < -0.4 is 10.2 Å². The largest absolute Gasteiger partial charge is 0.481 e. The summed E-state index contributed by atoms with van der Waals surface area (Å²) < 4.78 is 33.1. The zero-order valence-corrected chi connectivity index (χ0v) is 38.0. The number of pyridine rings is 4. The predicted molar refractivity (Wildman–Crippen MR) is 253 cm³/mol. The van der Waals surface area contributed by atoms with Gasteiger partial charge in [-0.05, 0) is 125 Å². The number of nitrogens with one attached hydrogen (secondary N) is 1. The van der Waals surface area contributed by atoms with Crippen molar-refractivity contribution in [1.29, 1.82) is 0 Å². The topological polar surface area (TPSA) is 157 Å². The average molecular weight is 942 g/mol. The molecule has 6 aromatic heterocycles. The summed E-state index contributed by atoms with van der Waals surface area (Å²) in [7, 11) is 3.81. The summed E-state index contributed by atoms with van der Waals surface area (Å²) in [6.07, 6.45) is 13.0. The van der Waals surface area contributed by atoms with Crippen molar-refractivity contribution in [3.8, 4) is 22.3 Å². The number of carbonyl (C=O) groups excluding carboxylic acids is 1. The first-order valence-corrected chi connectivity index (χ1v) is 22.1. The van der Waals surface area contributed by atoms with Gasteiger partial charge in [-0.2, -0.15) is 10.2 Å². The minimum atomic E-state index is -0.903. The summed E-state index contributed by atoms with van der Waals surface area (Å²) in [4.78, 5) is 41.3. The lowest BCUT2D eigenvalue weighted by Gasteiger charge is -2.19. The molecule has 0 unspecified atom stereocenters. The summed E-state index contributed by atoms with van der Waals surface area (Å²) >= 11 is 11.7. The molecular formula is C50H44Cl2F2N10O3. The summed E-state index contributed by atoms with van der Waals surface area (Å²) in [6.45, 7) is 1.24. The van der Waals surface area contributed by atoms with Crippen LogP contribution in [0.1, 0.15) is 45.0 Å². The fourth-order valence-corrected chi connectivity index (χ4v) is 8.38. The number of fused-ring (bicyclic) bond motifs is 2. The molecule has 0 spiro atoms. The molecule has 2 aliphatic rings. The highest BCUT2D eigenvalue weighted by atomic mass is 35.5. The van der Waals surface area contributed by atoms with Gasteiger partial charge in [0.05, 0.1) is 24.2 Å². The van der Waals surface area contributed by atoms with E-state index in [0.717, 1.165) is 69.1 Å². The molecule has 1 amide bonds. The second-order valence-corrected chi connectivity index (χ2v) is 16.6. The third kappa shape index (κ3) is 11.2. The maximum atomic E-state index is 15.3. The number of amides is 1. The van der Waals surface area contributed by atoms with Gasteiger partial charge in [-0.3, -0.25) is 28.9 Å². The van der Waals surface area contributed by atoms with Crippen LogP contribution in [-0.2, 0) is 62.2 Å². The van der Waals surface area contributed by atoms with Crippen LogP contribution in [0.4, 0.5) is 20.2 Å². The Balaban J connectivity index is 0.000000154. The smallest absolute Gasteiger partial charge is 0.307 e. The molecule has 67 heavy (non-hydrogen) atoms. The number of halogens is 4. The molecule has 2 N–H and O–H groups in total. The molecule has 0 fully saturated rings. The molecule has 0 bridgehead atoms. The van der Waals surface area contributed by atoms with Crippen LogP contribution in [0.3, 0.4) is 0 Å². The van der Waals surface area contributed by atoms with Crippen molar-refractivity contribution in [2.45, 2.75) is 38.5 Å². The van der Waals surface area contributed by atoms with Crippen molar-refractivity contribution < 1.29 is 23.5 Å². The van der Waals surface area contributed by atoms with Crippen molar-refractivity contribution in [3.05, 3.63) is 189 Å². The van der Waals surface area contributed by atoms with E-state index in [-0.39, 0.29) is 29.7 Å². The molecule has 8 heterocycles. The summed E-state index contributed by atoms with van der Waals surface area (Å²) in [5.41, 5.74) is 11.6. The Morgan fingerprint density at radius 3 is 1.73 bits per heavy atom. The van der Waals surface area contributed by atoms with E-state index >= 15 is 4.39 Å². The summed E-state index contributed by atoms with van der Waals surface area (Å²) in [5.74, 6) is -1.69. The first-order chi connectivity index (χ1) is 32.4. The minimum Gasteiger partial charge on any atom is -0.481 e. The van der Waals surface area contributed by atoms with E-state index in [1.807, 2.05) is 65.9 Å². The van der Waals surface area contributed by atoms with Crippen molar-refractivity contribution >= 4 is 46.5 Å². The lowest BCUT2D eigenvalue weighted by atomic mass is 10.0. The van der Waals surface area contributed by atoms with Crippen LogP contribution in [0.25, 0.3) is 22.3 Å². The number of hydrogen-bond acceptors (Lipinski definition) is 9. The van der Waals surface area contributed by atoms with E-state index in [9.17, 15) is 14.0 Å². The first kappa shape index (κ1) is 46.2. The van der Waals surface area contributed by atoms with Gasteiger partial charge in [0.1, 0.15) is 21.9 Å². The minimum absolute atomic E-state index is 0.0767. The fourth-order valence-electron chi connectivity index (χ4n) is 8.01. The number of aromatic nitrogens is 8. The van der Waals surface area contributed by atoms with E-state index in [2.05, 4.69) is 41.5 Å². The second kappa shape index (κ2) is 20.9. The van der Waals surface area contributed by atoms with Crippen molar-refractivity contribution in [2.24, 2.45) is 14.1 Å². The molecule has 2 aliphatic heterocycles. The second-order valence-electron chi connectivity index (χ2n) is 15.9. The quantitative estimate of drug-likeness (QED) is 0.127. The van der Waals surface area contributed by atoms with E-state index in [1.54, 1.807) is 61.3 Å². The van der Waals surface area contributed by atoms with Gasteiger partial charge < -0.3 is 15.3 Å². The van der Waals surface area contributed by atoms with Gasteiger partial charge >= 0.3 is 5.97 Å². The van der Waals surface area contributed by atoms with Crippen LogP contribution in [0.2, 0.25) is 10.3 Å². The van der Waals surface area contributed by atoms with Crippen LogP contribution in [0, 0.1) is 11.6 Å². The van der Waals surface area contributed by atoms with E-state index in [1.165, 1.54) is 17.2 Å². The van der Waals surface area contributed by atoms with Gasteiger partial charge in [-0.25, -0.2) is 18.7 Å². The summed E-state index contributed by atoms with van der Waals surface area (Å²) in [5, 5.41) is 20.4. The third-order valence-corrected chi connectivity index (χ3v) is 12.1. The lowest BCUT2D eigenvalue weighted by Crippen LogP contribution is -2.31. The predicted octanol–water partition coefficient (Wildman–Crippen LogP) is 8.93. The molecule has 0 atom stereocenters.